The lowest BCUT2D eigenvalue weighted by Crippen LogP contribution is -2.47. The number of unbranched alkanes of at least 4 members (excludes halogenated alkanes) is 1. The molecule has 162 valence electrons. The Morgan fingerprint density at radius 1 is 1.13 bits per heavy atom. The van der Waals surface area contributed by atoms with E-state index in [9.17, 15) is 4.79 Å². The van der Waals surface area contributed by atoms with Crippen LogP contribution in [-0.2, 0) is 11.3 Å². The molecule has 1 aromatic carbocycles. The number of nitrogens with zero attached hydrogens (tertiary/aromatic N) is 4. The molecule has 7 heteroatoms. The summed E-state index contributed by atoms with van der Waals surface area (Å²) in [6.45, 7) is 7.10. The highest BCUT2D eigenvalue weighted by Crippen LogP contribution is 2.31. The predicted molar refractivity (Wildman–Crippen MR) is 114 cm³/mol. The van der Waals surface area contributed by atoms with Crippen molar-refractivity contribution in [3.63, 3.8) is 0 Å². The largest absolute Gasteiger partial charge is 0.494 e. The van der Waals surface area contributed by atoms with Crippen LogP contribution in [0.15, 0.2) is 28.7 Å². The molecule has 2 aliphatic rings. The molecule has 0 N–H and O–H groups in total. The minimum atomic E-state index is 0.187. The maximum Gasteiger partial charge on any atom is 0.247 e. The van der Waals surface area contributed by atoms with Gasteiger partial charge in [0.2, 0.25) is 17.7 Å². The molecule has 1 aromatic heterocycles. The molecule has 2 saturated heterocycles. The third kappa shape index (κ3) is 4.67. The maximum atomic E-state index is 12.0. The first-order valence-corrected chi connectivity index (χ1v) is 11.2. The first-order chi connectivity index (χ1) is 14.7. The van der Waals surface area contributed by atoms with Gasteiger partial charge in [0.1, 0.15) is 5.75 Å². The molecular formula is C23H32N4O3. The molecule has 0 aliphatic carbocycles. The van der Waals surface area contributed by atoms with Gasteiger partial charge >= 0.3 is 0 Å². The zero-order valence-corrected chi connectivity index (χ0v) is 18.0. The van der Waals surface area contributed by atoms with Gasteiger partial charge < -0.3 is 14.1 Å². The number of carbonyl (C=O) groups is 1. The van der Waals surface area contributed by atoms with Gasteiger partial charge in [0.25, 0.3) is 0 Å². The predicted octanol–water partition coefficient (Wildman–Crippen LogP) is 3.89. The van der Waals surface area contributed by atoms with Crippen LogP contribution < -0.4 is 4.74 Å². The quantitative estimate of drug-likeness (QED) is 0.613. The summed E-state index contributed by atoms with van der Waals surface area (Å²) in [6.07, 6.45) is 6.62. The van der Waals surface area contributed by atoms with Crippen molar-refractivity contribution in [1.82, 2.24) is 20.0 Å². The van der Waals surface area contributed by atoms with Crippen molar-refractivity contribution in [2.24, 2.45) is 0 Å². The third-order valence-electron chi connectivity index (χ3n) is 6.24. The molecule has 2 atom stereocenters. The van der Waals surface area contributed by atoms with Crippen molar-refractivity contribution in [2.75, 3.05) is 19.7 Å². The van der Waals surface area contributed by atoms with Crippen molar-refractivity contribution in [3.05, 3.63) is 30.2 Å². The molecule has 0 spiro atoms. The van der Waals surface area contributed by atoms with Crippen molar-refractivity contribution >= 4 is 5.91 Å². The Bertz CT molecular complexity index is 835. The smallest absolute Gasteiger partial charge is 0.247 e. The van der Waals surface area contributed by atoms with E-state index in [-0.39, 0.29) is 5.91 Å². The van der Waals surface area contributed by atoms with Gasteiger partial charge in [-0.05, 0) is 62.9 Å². The molecule has 0 saturated carbocycles. The van der Waals surface area contributed by atoms with Crippen molar-refractivity contribution in [3.8, 4) is 17.2 Å². The summed E-state index contributed by atoms with van der Waals surface area (Å²) in [5.74, 6) is 2.21. The molecule has 0 radical (unpaired) electrons. The molecular weight excluding hydrogens is 380 g/mol. The molecule has 4 rings (SSSR count). The fraction of sp³-hybridized carbons (Fsp3) is 0.609. The fourth-order valence-corrected chi connectivity index (χ4v) is 4.70. The second-order valence-corrected chi connectivity index (χ2v) is 8.33. The Hall–Kier alpha value is -2.41. The summed E-state index contributed by atoms with van der Waals surface area (Å²) in [5, 5.41) is 8.53. The van der Waals surface area contributed by atoms with Gasteiger partial charge in [-0.3, -0.25) is 9.69 Å². The van der Waals surface area contributed by atoms with E-state index < -0.39 is 0 Å². The van der Waals surface area contributed by atoms with Crippen molar-refractivity contribution in [2.45, 2.75) is 71.0 Å². The van der Waals surface area contributed by atoms with E-state index in [1.807, 2.05) is 29.2 Å². The molecule has 3 heterocycles. The maximum absolute atomic E-state index is 12.0. The van der Waals surface area contributed by atoms with Gasteiger partial charge in [-0.1, -0.05) is 13.3 Å². The summed E-state index contributed by atoms with van der Waals surface area (Å²) in [6, 6.07) is 8.50. The Labute approximate surface area is 178 Å². The minimum Gasteiger partial charge on any atom is -0.494 e. The summed E-state index contributed by atoms with van der Waals surface area (Å²) in [4.78, 5) is 16.5. The topological polar surface area (TPSA) is 71.7 Å². The highest BCUT2D eigenvalue weighted by atomic mass is 16.5. The zero-order chi connectivity index (χ0) is 20.9. The van der Waals surface area contributed by atoms with Gasteiger partial charge in [0.05, 0.1) is 13.2 Å². The summed E-state index contributed by atoms with van der Waals surface area (Å²) < 4.78 is 11.7. The van der Waals surface area contributed by atoms with E-state index >= 15 is 0 Å². The van der Waals surface area contributed by atoms with Gasteiger partial charge in [-0.2, -0.15) is 0 Å². The van der Waals surface area contributed by atoms with Crippen LogP contribution in [0.5, 0.6) is 5.75 Å². The van der Waals surface area contributed by atoms with Crippen LogP contribution in [0, 0.1) is 0 Å². The van der Waals surface area contributed by atoms with Crippen LogP contribution in [0.25, 0.3) is 11.5 Å². The second-order valence-electron chi connectivity index (χ2n) is 8.33. The Balaban J connectivity index is 1.39. The molecule has 30 heavy (non-hydrogen) atoms. The van der Waals surface area contributed by atoms with Crippen molar-refractivity contribution < 1.29 is 13.9 Å². The molecule has 2 aromatic rings. The van der Waals surface area contributed by atoms with Crippen molar-refractivity contribution in [1.29, 1.82) is 0 Å². The van der Waals surface area contributed by atoms with Crippen LogP contribution in [-0.4, -0.2) is 57.7 Å². The SMILES string of the molecule is CCCCOc1ccc(-c2nnc(CN3CCC[C@H]3[C@H]3CCCN3C(C)=O)o2)cc1. The van der Waals surface area contributed by atoms with Crippen LogP contribution in [0.2, 0.25) is 0 Å². The number of ether oxygens (including phenoxy) is 1. The number of amides is 1. The van der Waals surface area contributed by atoms with Gasteiger partial charge in [0, 0.05) is 31.1 Å². The highest BCUT2D eigenvalue weighted by molar-refractivity contribution is 5.74. The van der Waals surface area contributed by atoms with Crippen LogP contribution in [0.1, 0.15) is 58.3 Å². The summed E-state index contributed by atoms with van der Waals surface area (Å²) in [5.41, 5.74) is 0.896. The average Bonchev–Trinajstić information content (AvgIpc) is 3.49. The Kier molecular flexibility index (Phi) is 6.67. The van der Waals surface area contributed by atoms with E-state index in [2.05, 4.69) is 22.0 Å². The van der Waals surface area contributed by atoms with E-state index in [4.69, 9.17) is 9.15 Å². The number of hydrogen-bond acceptors (Lipinski definition) is 6. The number of carbonyl (C=O) groups excluding carboxylic acids is 1. The molecule has 2 fully saturated rings. The first-order valence-electron chi connectivity index (χ1n) is 11.2. The second kappa shape index (κ2) is 9.60. The number of rotatable bonds is 8. The first kappa shape index (κ1) is 20.8. The lowest BCUT2D eigenvalue weighted by molar-refractivity contribution is -0.130. The third-order valence-corrected chi connectivity index (χ3v) is 6.24. The average molecular weight is 413 g/mol. The normalized spacial score (nSPS) is 22.0. The van der Waals surface area contributed by atoms with E-state index in [1.165, 1.54) is 0 Å². The molecule has 0 bridgehead atoms. The number of likely N-dealkylation sites (tertiary alicyclic amines) is 2. The standard InChI is InChI=1S/C23H32N4O3/c1-3-4-15-29-19-11-9-18(10-12-19)23-25-24-22(30-23)16-26-13-5-7-20(26)21-8-6-14-27(21)17(2)28/h9-12,20-21H,3-8,13-16H2,1-2H3/t20-,21+/m0/s1. The number of benzene rings is 1. The minimum absolute atomic E-state index is 0.187. The summed E-state index contributed by atoms with van der Waals surface area (Å²) >= 11 is 0. The highest BCUT2D eigenvalue weighted by Gasteiger charge is 2.39. The number of aromatic nitrogens is 2. The van der Waals surface area contributed by atoms with Gasteiger partial charge in [0.15, 0.2) is 0 Å². The molecule has 0 unspecified atom stereocenters. The Morgan fingerprint density at radius 3 is 2.67 bits per heavy atom. The van der Waals surface area contributed by atoms with E-state index in [0.717, 1.165) is 69.5 Å². The lowest BCUT2D eigenvalue weighted by atomic mass is 10.0. The van der Waals surface area contributed by atoms with E-state index in [1.54, 1.807) is 6.92 Å². The van der Waals surface area contributed by atoms with Crippen LogP contribution in [0.4, 0.5) is 0 Å². The lowest BCUT2D eigenvalue weighted by Gasteiger charge is -2.34. The molecule has 1 amide bonds. The van der Waals surface area contributed by atoms with E-state index in [0.29, 0.717) is 30.4 Å². The van der Waals surface area contributed by atoms with Gasteiger partial charge in [-0.15, -0.1) is 10.2 Å². The Morgan fingerprint density at radius 2 is 1.90 bits per heavy atom. The monoisotopic (exact) mass is 412 g/mol. The van der Waals surface area contributed by atoms with Crippen LogP contribution in [0.3, 0.4) is 0 Å². The summed E-state index contributed by atoms with van der Waals surface area (Å²) in [7, 11) is 0. The van der Waals surface area contributed by atoms with Gasteiger partial charge in [-0.25, -0.2) is 0 Å². The fourth-order valence-electron chi connectivity index (χ4n) is 4.70. The molecule has 2 aliphatic heterocycles. The zero-order valence-electron chi connectivity index (χ0n) is 18.0. The molecule has 7 nitrogen and oxygen atoms in total. The van der Waals surface area contributed by atoms with Crippen LogP contribution >= 0.6 is 0 Å². The number of hydrogen-bond donors (Lipinski definition) is 0.